The zero-order valence-corrected chi connectivity index (χ0v) is 20.4. The molecule has 190 valence electrons. The summed E-state index contributed by atoms with van der Waals surface area (Å²) in [5, 5.41) is 5.26. The molecular weight excluding hydrogens is 454 g/mol. The molecule has 2 aliphatic rings. The third kappa shape index (κ3) is 6.97. The van der Waals surface area contributed by atoms with E-state index in [4.69, 9.17) is 14.2 Å². The fourth-order valence-corrected chi connectivity index (χ4v) is 4.34. The van der Waals surface area contributed by atoms with Crippen molar-refractivity contribution in [1.82, 2.24) is 15.5 Å². The van der Waals surface area contributed by atoms with Crippen molar-refractivity contribution < 1.29 is 33.4 Å². The first kappa shape index (κ1) is 26.1. The number of hydrogen-bond acceptors (Lipinski definition) is 7. The molecule has 35 heavy (non-hydrogen) atoms. The smallest absolute Gasteiger partial charge is 0.308 e. The zero-order chi connectivity index (χ0) is 25.4. The molecule has 10 nitrogen and oxygen atoms in total. The van der Waals surface area contributed by atoms with Crippen LogP contribution in [0.1, 0.15) is 51.0 Å². The second-order valence-corrected chi connectivity index (χ2v) is 8.61. The van der Waals surface area contributed by atoms with Crippen LogP contribution in [0.2, 0.25) is 0 Å². The SMILES string of the molecule is COc1ccc(C=C(NC(C)=O)C(=O)N2CCNC(=O)C2CC(=O)OC2CCCCC2)cc1OC. The fourth-order valence-electron chi connectivity index (χ4n) is 4.34. The molecule has 1 aliphatic heterocycles. The summed E-state index contributed by atoms with van der Waals surface area (Å²) < 4.78 is 16.1. The van der Waals surface area contributed by atoms with Crippen LogP contribution in [0.5, 0.6) is 11.5 Å². The number of rotatable bonds is 8. The maximum Gasteiger partial charge on any atom is 0.308 e. The maximum absolute atomic E-state index is 13.5. The summed E-state index contributed by atoms with van der Waals surface area (Å²) in [5.74, 6) is -0.988. The highest BCUT2D eigenvalue weighted by Gasteiger charge is 2.37. The number of nitrogens with one attached hydrogen (secondary N) is 2. The molecule has 1 aliphatic carbocycles. The number of esters is 1. The summed E-state index contributed by atoms with van der Waals surface area (Å²) in [5.41, 5.74) is 0.555. The summed E-state index contributed by atoms with van der Waals surface area (Å²) in [4.78, 5) is 51.9. The van der Waals surface area contributed by atoms with Gasteiger partial charge in [-0.25, -0.2) is 0 Å². The van der Waals surface area contributed by atoms with Crippen LogP contribution in [0.15, 0.2) is 23.9 Å². The molecule has 1 saturated carbocycles. The number of methoxy groups -OCH3 is 2. The number of carbonyl (C=O) groups is 4. The largest absolute Gasteiger partial charge is 0.493 e. The topological polar surface area (TPSA) is 123 Å². The lowest BCUT2D eigenvalue weighted by Crippen LogP contribution is -2.59. The van der Waals surface area contributed by atoms with E-state index in [0.29, 0.717) is 17.1 Å². The molecule has 0 spiro atoms. The van der Waals surface area contributed by atoms with Gasteiger partial charge in [0.2, 0.25) is 11.8 Å². The summed E-state index contributed by atoms with van der Waals surface area (Å²) in [6.45, 7) is 1.72. The third-order valence-corrected chi connectivity index (χ3v) is 6.06. The Hall–Kier alpha value is -3.56. The predicted molar refractivity (Wildman–Crippen MR) is 127 cm³/mol. The van der Waals surface area contributed by atoms with Crippen LogP contribution < -0.4 is 20.1 Å². The molecule has 1 heterocycles. The van der Waals surface area contributed by atoms with E-state index in [2.05, 4.69) is 10.6 Å². The van der Waals surface area contributed by atoms with Gasteiger partial charge in [-0.1, -0.05) is 12.5 Å². The van der Waals surface area contributed by atoms with E-state index in [9.17, 15) is 19.2 Å². The molecule has 2 fully saturated rings. The summed E-state index contributed by atoms with van der Waals surface area (Å²) in [6.07, 6.45) is 5.86. The van der Waals surface area contributed by atoms with Gasteiger partial charge in [0.05, 0.1) is 20.6 Å². The Morgan fingerprint density at radius 2 is 1.83 bits per heavy atom. The zero-order valence-electron chi connectivity index (χ0n) is 20.4. The number of benzene rings is 1. The first-order valence-electron chi connectivity index (χ1n) is 11.8. The number of ether oxygens (including phenoxy) is 3. The fraction of sp³-hybridized carbons (Fsp3) is 0.520. The molecule has 0 radical (unpaired) electrons. The molecule has 1 unspecified atom stereocenters. The molecule has 3 amide bonds. The maximum atomic E-state index is 13.5. The van der Waals surface area contributed by atoms with Gasteiger partial charge < -0.3 is 29.7 Å². The van der Waals surface area contributed by atoms with Gasteiger partial charge in [0.1, 0.15) is 17.8 Å². The molecule has 0 bridgehead atoms. The van der Waals surface area contributed by atoms with Gasteiger partial charge >= 0.3 is 5.97 Å². The molecular formula is C25H33N3O7. The molecule has 1 aromatic carbocycles. The monoisotopic (exact) mass is 487 g/mol. The molecule has 2 N–H and O–H groups in total. The van der Waals surface area contributed by atoms with Crippen LogP contribution in [0, 0.1) is 0 Å². The lowest BCUT2D eigenvalue weighted by molar-refractivity contribution is -0.156. The minimum absolute atomic E-state index is 0.0231. The normalized spacial score (nSPS) is 18.9. The number of nitrogens with zero attached hydrogens (tertiary/aromatic N) is 1. The Bertz CT molecular complexity index is 985. The van der Waals surface area contributed by atoms with E-state index in [1.807, 2.05) is 0 Å². The molecule has 3 rings (SSSR count). The van der Waals surface area contributed by atoms with Crippen LogP contribution in [-0.4, -0.2) is 68.0 Å². The Balaban J connectivity index is 1.82. The second-order valence-electron chi connectivity index (χ2n) is 8.61. The summed E-state index contributed by atoms with van der Waals surface area (Å²) in [6, 6.07) is 4.02. The Morgan fingerprint density at radius 3 is 2.49 bits per heavy atom. The van der Waals surface area contributed by atoms with Crippen molar-refractivity contribution in [2.24, 2.45) is 0 Å². The van der Waals surface area contributed by atoms with Crippen molar-refractivity contribution in [3.63, 3.8) is 0 Å². The van der Waals surface area contributed by atoms with E-state index in [1.165, 1.54) is 32.1 Å². The van der Waals surface area contributed by atoms with Crippen LogP contribution in [0.25, 0.3) is 6.08 Å². The predicted octanol–water partition coefficient (Wildman–Crippen LogP) is 1.77. The molecule has 10 heteroatoms. The van der Waals surface area contributed by atoms with Crippen LogP contribution in [0.3, 0.4) is 0 Å². The van der Waals surface area contributed by atoms with Crippen molar-refractivity contribution in [3.8, 4) is 11.5 Å². The van der Waals surface area contributed by atoms with Crippen molar-refractivity contribution >= 4 is 29.8 Å². The third-order valence-electron chi connectivity index (χ3n) is 6.06. The quantitative estimate of drug-likeness (QED) is 0.423. The number of amides is 3. The first-order valence-corrected chi connectivity index (χ1v) is 11.8. The lowest BCUT2D eigenvalue weighted by atomic mass is 9.98. The van der Waals surface area contributed by atoms with Crippen LogP contribution >= 0.6 is 0 Å². The van der Waals surface area contributed by atoms with Crippen LogP contribution in [-0.2, 0) is 23.9 Å². The Kier molecular flexibility index (Phi) is 9.11. The minimum Gasteiger partial charge on any atom is -0.493 e. The van der Waals surface area contributed by atoms with Gasteiger partial charge in [0, 0.05) is 20.0 Å². The molecule has 1 atom stereocenters. The average molecular weight is 488 g/mol. The number of hydrogen-bond donors (Lipinski definition) is 2. The highest BCUT2D eigenvalue weighted by atomic mass is 16.5. The molecule has 0 aromatic heterocycles. The number of carbonyl (C=O) groups excluding carboxylic acids is 4. The van der Waals surface area contributed by atoms with E-state index < -0.39 is 29.7 Å². The van der Waals surface area contributed by atoms with Gasteiger partial charge in [0.25, 0.3) is 5.91 Å². The Labute approximate surface area is 205 Å². The summed E-state index contributed by atoms with van der Waals surface area (Å²) in [7, 11) is 3.01. The van der Waals surface area contributed by atoms with Crippen molar-refractivity contribution in [3.05, 3.63) is 29.5 Å². The number of piperazine rings is 1. The van der Waals surface area contributed by atoms with Crippen molar-refractivity contribution in [1.29, 1.82) is 0 Å². The van der Waals surface area contributed by atoms with E-state index in [-0.39, 0.29) is 31.3 Å². The van der Waals surface area contributed by atoms with E-state index >= 15 is 0 Å². The average Bonchev–Trinajstić information content (AvgIpc) is 2.84. The van der Waals surface area contributed by atoms with Gasteiger partial charge in [-0.2, -0.15) is 0 Å². The standard InChI is InChI=1S/C25H33N3O7/c1-16(29)27-19(13-17-9-10-21(33-2)22(14-17)34-3)25(32)28-12-11-26-24(31)20(28)15-23(30)35-18-7-5-4-6-8-18/h9-10,13-14,18,20H,4-8,11-12,15H2,1-3H3,(H,26,31)(H,27,29). The highest BCUT2D eigenvalue weighted by Crippen LogP contribution is 2.28. The Morgan fingerprint density at radius 1 is 1.11 bits per heavy atom. The van der Waals surface area contributed by atoms with E-state index in [1.54, 1.807) is 18.2 Å². The molecule has 1 aromatic rings. The highest BCUT2D eigenvalue weighted by molar-refractivity contribution is 6.03. The van der Waals surface area contributed by atoms with Crippen LogP contribution in [0.4, 0.5) is 0 Å². The first-order chi connectivity index (χ1) is 16.8. The van der Waals surface area contributed by atoms with Gasteiger partial charge in [-0.05, 0) is 49.5 Å². The summed E-state index contributed by atoms with van der Waals surface area (Å²) >= 11 is 0. The second kappa shape index (κ2) is 12.2. The van der Waals surface area contributed by atoms with Crippen molar-refractivity contribution in [2.75, 3.05) is 27.3 Å². The minimum atomic E-state index is -1.03. The van der Waals surface area contributed by atoms with Crippen molar-refractivity contribution in [2.45, 2.75) is 57.6 Å². The van der Waals surface area contributed by atoms with Gasteiger partial charge in [-0.15, -0.1) is 0 Å². The van der Waals surface area contributed by atoms with Gasteiger partial charge in [0.15, 0.2) is 11.5 Å². The van der Waals surface area contributed by atoms with Gasteiger partial charge in [-0.3, -0.25) is 19.2 Å². The molecule has 1 saturated heterocycles. The lowest BCUT2D eigenvalue weighted by Gasteiger charge is -2.35. The van der Waals surface area contributed by atoms with E-state index in [0.717, 1.165) is 32.1 Å².